The number of hydrogen-bond acceptors (Lipinski definition) is 4. The largest absolute Gasteiger partial charge is 0.371 e. The minimum Gasteiger partial charge on any atom is -0.371 e. The maximum Gasteiger partial charge on any atom is 0.128 e. The van der Waals surface area contributed by atoms with Crippen molar-refractivity contribution in [1.29, 1.82) is 0 Å². The van der Waals surface area contributed by atoms with Gasteiger partial charge < -0.3 is 14.4 Å². The second-order valence-electron chi connectivity index (χ2n) is 7.08. The first-order chi connectivity index (χ1) is 12.8. The molecule has 0 aliphatic carbocycles. The van der Waals surface area contributed by atoms with Crippen molar-refractivity contribution in [3.05, 3.63) is 72.9 Å². The van der Waals surface area contributed by atoms with Gasteiger partial charge in [-0.25, -0.2) is 9.97 Å². The van der Waals surface area contributed by atoms with Gasteiger partial charge >= 0.3 is 0 Å². The van der Waals surface area contributed by atoms with Gasteiger partial charge in [0.1, 0.15) is 5.82 Å². The van der Waals surface area contributed by atoms with Crippen LogP contribution in [0.4, 0.5) is 11.5 Å². The molecule has 3 heterocycles. The molecule has 0 bridgehead atoms. The molecule has 1 saturated heterocycles. The zero-order chi connectivity index (χ0) is 17.8. The van der Waals surface area contributed by atoms with Gasteiger partial charge in [0.05, 0.1) is 6.33 Å². The Balaban J connectivity index is 1.32. The average molecular weight is 347 g/mol. The van der Waals surface area contributed by atoms with E-state index in [1.54, 1.807) is 6.20 Å². The number of imidazole rings is 1. The van der Waals surface area contributed by atoms with E-state index >= 15 is 0 Å². The molecule has 0 N–H and O–H groups in total. The van der Waals surface area contributed by atoms with Crippen molar-refractivity contribution in [1.82, 2.24) is 14.5 Å². The number of anilines is 2. The lowest BCUT2D eigenvalue weighted by atomic mass is 10.1. The van der Waals surface area contributed by atoms with Crippen LogP contribution in [0.25, 0.3) is 0 Å². The quantitative estimate of drug-likeness (QED) is 0.686. The van der Waals surface area contributed by atoms with Crippen LogP contribution in [-0.2, 0) is 6.54 Å². The summed E-state index contributed by atoms with van der Waals surface area (Å²) in [6.07, 6.45) is 8.81. The lowest BCUT2D eigenvalue weighted by Gasteiger charge is -2.23. The number of para-hydroxylation sites is 1. The molecule has 5 heteroatoms. The third kappa shape index (κ3) is 3.87. The SMILES string of the molecule is CN(CC1CCN(c2ccccc2)C1)c1ccc(Cn2ccnc2)cn1. The van der Waals surface area contributed by atoms with Crippen LogP contribution in [-0.4, -0.2) is 41.2 Å². The van der Waals surface area contributed by atoms with Crippen LogP contribution in [0.1, 0.15) is 12.0 Å². The van der Waals surface area contributed by atoms with Crippen molar-refractivity contribution in [3.63, 3.8) is 0 Å². The predicted octanol–water partition coefficient (Wildman–Crippen LogP) is 3.29. The van der Waals surface area contributed by atoms with Gasteiger partial charge in [-0.1, -0.05) is 24.3 Å². The summed E-state index contributed by atoms with van der Waals surface area (Å²) in [6, 6.07) is 15.0. The van der Waals surface area contributed by atoms with E-state index in [4.69, 9.17) is 0 Å². The molecule has 1 aromatic carbocycles. The Hall–Kier alpha value is -2.82. The molecule has 2 aromatic heterocycles. The van der Waals surface area contributed by atoms with Crippen LogP contribution in [0.5, 0.6) is 0 Å². The van der Waals surface area contributed by atoms with Crippen molar-refractivity contribution in [2.75, 3.05) is 36.5 Å². The molecule has 1 aliphatic rings. The molecule has 5 nitrogen and oxygen atoms in total. The number of benzene rings is 1. The zero-order valence-corrected chi connectivity index (χ0v) is 15.2. The summed E-state index contributed by atoms with van der Waals surface area (Å²) < 4.78 is 2.05. The molecule has 0 radical (unpaired) electrons. The molecular weight excluding hydrogens is 322 g/mol. The van der Waals surface area contributed by atoms with Crippen LogP contribution in [0.2, 0.25) is 0 Å². The molecule has 1 atom stereocenters. The van der Waals surface area contributed by atoms with Gasteiger partial charge in [-0.2, -0.15) is 0 Å². The Morgan fingerprint density at radius 2 is 2.04 bits per heavy atom. The topological polar surface area (TPSA) is 37.2 Å². The van der Waals surface area contributed by atoms with Crippen LogP contribution in [0.3, 0.4) is 0 Å². The monoisotopic (exact) mass is 347 g/mol. The highest BCUT2D eigenvalue weighted by molar-refractivity contribution is 5.47. The maximum absolute atomic E-state index is 4.66. The summed E-state index contributed by atoms with van der Waals surface area (Å²) in [4.78, 5) is 13.5. The molecule has 3 aromatic rings. The van der Waals surface area contributed by atoms with Crippen molar-refractivity contribution in [3.8, 4) is 0 Å². The highest BCUT2D eigenvalue weighted by Gasteiger charge is 2.24. The number of hydrogen-bond donors (Lipinski definition) is 0. The first kappa shape index (κ1) is 16.6. The third-order valence-electron chi connectivity index (χ3n) is 5.06. The number of nitrogens with zero attached hydrogens (tertiary/aromatic N) is 5. The van der Waals surface area contributed by atoms with Crippen LogP contribution >= 0.6 is 0 Å². The maximum atomic E-state index is 4.66. The molecule has 134 valence electrons. The first-order valence-corrected chi connectivity index (χ1v) is 9.20. The van der Waals surface area contributed by atoms with E-state index in [2.05, 4.69) is 73.8 Å². The summed E-state index contributed by atoms with van der Waals surface area (Å²) in [6.45, 7) is 4.11. The molecule has 1 unspecified atom stereocenters. The predicted molar refractivity (Wildman–Crippen MR) is 106 cm³/mol. The van der Waals surface area contributed by atoms with Crippen LogP contribution in [0, 0.1) is 5.92 Å². The van der Waals surface area contributed by atoms with Gasteiger partial charge in [-0.05, 0) is 36.1 Å². The molecule has 26 heavy (non-hydrogen) atoms. The minimum absolute atomic E-state index is 0.674. The highest BCUT2D eigenvalue weighted by Crippen LogP contribution is 2.25. The van der Waals surface area contributed by atoms with E-state index < -0.39 is 0 Å². The summed E-state index contributed by atoms with van der Waals surface area (Å²) >= 11 is 0. The molecular formula is C21H25N5. The number of rotatable bonds is 6. The smallest absolute Gasteiger partial charge is 0.128 e. The van der Waals surface area contributed by atoms with Gasteiger partial charge in [0.15, 0.2) is 0 Å². The van der Waals surface area contributed by atoms with E-state index in [0.717, 1.165) is 32.0 Å². The highest BCUT2D eigenvalue weighted by atomic mass is 15.2. The van der Waals surface area contributed by atoms with E-state index in [1.165, 1.54) is 17.7 Å². The second-order valence-corrected chi connectivity index (χ2v) is 7.08. The van der Waals surface area contributed by atoms with E-state index in [9.17, 15) is 0 Å². The van der Waals surface area contributed by atoms with Crippen molar-refractivity contribution in [2.24, 2.45) is 5.92 Å². The standard InChI is InChI=1S/C21H25N5/c1-24(14-19-9-11-26(16-19)20-5-3-2-4-6-20)21-8-7-18(13-23-21)15-25-12-10-22-17-25/h2-8,10,12-13,17,19H,9,11,14-16H2,1H3. The summed E-state index contributed by atoms with van der Waals surface area (Å²) in [7, 11) is 2.14. The summed E-state index contributed by atoms with van der Waals surface area (Å²) in [5.41, 5.74) is 2.52. The molecule has 0 amide bonds. The Morgan fingerprint density at radius 3 is 2.77 bits per heavy atom. The van der Waals surface area contributed by atoms with E-state index in [1.807, 2.05) is 18.7 Å². The van der Waals surface area contributed by atoms with E-state index in [-0.39, 0.29) is 0 Å². The fourth-order valence-corrected chi connectivity index (χ4v) is 3.66. The van der Waals surface area contributed by atoms with Gasteiger partial charge in [-0.3, -0.25) is 0 Å². The van der Waals surface area contributed by atoms with Crippen molar-refractivity contribution >= 4 is 11.5 Å². The summed E-state index contributed by atoms with van der Waals surface area (Å²) in [5.74, 6) is 1.71. The van der Waals surface area contributed by atoms with Crippen molar-refractivity contribution in [2.45, 2.75) is 13.0 Å². The fourth-order valence-electron chi connectivity index (χ4n) is 3.66. The lowest BCUT2D eigenvalue weighted by Crippen LogP contribution is -2.28. The molecule has 4 rings (SSSR count). The normalized spacial score (nSPS) is 16.8. The average Bonchev–Trinajstić information content (AvgIpc) is 3.35. The Kier molecular flexibility index (Phi) is 4.86. The molecule has 1 aliphatic heterocycles. The zero-order valence-electron chi connectivity index (χ0n) is 15.2. The minimum atomic E-state index is 0.674. The Labute approximate surface area is 154 Å². The fraction of sp³-hybridized carbons (Fsp3) is 0.333. The Bertz CT molecular complexity index is 798. The van der Waals surface area contributed by atoms with Crippen LogP contribution in [0.15, 0.2) is 67.4 Å². The second kappa shape index (κ2) is 7.60. The van der Waals surface area contributed by atoms with Gasteiger partial charge in [0, 0.05) is 57.5 Å². The molecule has 0 saturated carbocycles. The number of aromatic nitrogens is 3. The molecule has 0 spiro atoms. The molecule has 1 fully saturated rings. The Morgan fingerprint density at radius 1 is 1.15 bits per heavy atom. The third-order valence-corrected chi connectivity index (χ3v) is 5.06. The van der Waals surface area contributed by atoms with Crippen LogP contribution < -0.4 is 9.80 Å². The van der Waals surface area contributed by atoms with Gasteiger partial charge in [0.25, 0.3) is 0 Å². The van der Waals surface area contributed by atoms with Gasteiger partial charge in [0.2, 0.25) is 0 Å². The number of pyridine rings is 1. The van der Waals surface area contributed by atoms with E-state index in [0.29, 0.717) is 5.92 Å². The van der Waals surface area contributed by atoms with Crippen molar-refractivity contribution < 1.29 is 0 Å². The first-order valence-electron chi connectivity index (χ1n) is 9.20. The lowest BCUT2D eigenvalue weighted by molar-refractivity contribution is 0.581. The summed E-state index contributed by atoms with van der Waals surface area (Å²) in [5, 5.41) is 0. The van der Waals surface area contributed by atoms with Gasteiger partial charge in [-0.15, -0.1) is 0 Å².